The van der Waals surface area contributed by atoms with Gasteiger partial charge in [0.15, 0.2) is 0 Å². The average molecular weight is 361 g/mol. The van der Waals surface area contributed by atoms with Gasteiger partial charge < -0.3 is 25.4 Å². The third-order valence-electron chi connectivity index (χ3n) is 5.47. The van der Waals surface area contributed by atoms with Crippen LogP contribution >= 0.6 is 0 Å². The Balaban J connectivity index is 1.37. The van der Waals surface area contributed by atoms with Gasteiger partial charge in [-0.3, -0.25) is 0 Å². The summed E-state index contributed by atoms with van der Waals surface area (Å²) in [5, 5.41) is 9.04. The van der Waals surface area contributed by atoms with E-state index < -0.39 is 0 Å². The number of aromatic nitrogens is 2. The number of amides is 2. The maximum atomic E-state index is 11.8. The highest BCUT2D eigenvalue weighted by Gasteiger charge is 2.48. The summed E-state index contributed by atoms with van der Waals surface area (Å²) in [5.41, 5.74) is 1.12. The van der Waals surface area contributed by atoms with Crippen molar-refractivity contribution in [2.45, 2.75) is 62.8 Å². The molecular formula is C18H27N5O3. The molecule has 3 aliphatic rings. The number of hydrogen-bond donors (Lipinski definition) is 3. The van der Waals surface area contributed by atoms with Gasteiger partial charge >= 0.3 is 6.03 Å². The number of hydrogen-bond acceptors (Lipinski definition) is 6. The van der Waals surface area contributed by atoms with Crippen molar-refractivity contribution in [2.24, 2.45) is 0 Å². The van der Waals surface area contributed by atoms with Gasteiger partial charge in [-0.1, -0.05) is 12.8 Å². The van der Waals surface area contributed by atoms with Crippen molar-refractivity contribution < 1.29 is 14.3 Å². The summed E-state index contributed by atoms with van der Waals surface area (Å²) in [5.74, 6) is 1.19. The van der Waals surface area contributed by atoms with Gasteiger partial charge in [-0.15, -0.1) is 0 Å². The van der Waals surface area contributed by atoms with Crippen molar-refractivity contribution in [1.29, 1.82) is 0 Å². The predicted octanol–water partition coefficient (Wildman–Crippen LogP) is 1.40. The Bertz CT molecular complexity index is 637. The van der Waals surface area contributed by atoms with E-state index in [1.165, 1.54) is 25.7 Å². The van der Waals surface area contributed by atoms with Crippen LogP contribution in [-0.2, 0) is 9.47 Å². The Morgan fingerprint density at radius 3 is 2.69 bits per heavy atom. The number of anilines is 1. The minimum atomic E-state index is -0.186. The van der Waals surface area contributed by atoms with Crippen LogP contribution in [0.1, 0.15) is 44.2 Å². The topological polar surface area (TPSA) is 97.4 Å². The molecule has 1 aliphatic carbocycles. The van der Waals surface area contributed by atoms with E-state index in [0.29, 0.717) is 31.6 Å². The summed E-state index contributed by atoms with van der Waals surface area (Å²) in [6.07, 6.45) is 6.56. The molecule has 26 heavy (non-hydrogen) atoms. The second-order valence-corrected chi connectivity index (χ2v) is 7.24. The van der Waals surface area contributed by atoms with Crippen LogP contribution in [-0.4, -0.2) is 60.0 Å². The molecular weight excluding hydrogens is 334 g/mol. The molecule has 0 bridgehead atoms. The first kappa shape index (κ1) is 17.5. The Kier molecular flexibility index (Phi) is 5.21. The molecule has 0 radical (unpaired) electrons. The predicted molar refractivity (Wildman–Crippen MR) is 96.1 cm³/mol. The van der Waals surface area contributed by atoms with E-state index in [4.69, 9.17) is 14.5 Å². The summed E-state index contributed by atoms with van der Waals surface area (Å²) >= 11 is 0. The van der Waals surface area contributed by atoms with E-state index >= 15 is 0 Å². The van der Waals surface area contributed by atoms with Crippen LogP contribution in [0, 0.1) is 0 Å². The number of urea groups is 1. The molecule has 4 rings (SSSR count). The van der Waals surface area contributed by atoms with Crippen LogP contribution in [0.5, 0.6) is 0 Å². The van der Waals surface area contributed by atoms with Gasteiger partial charge in [0.05, 0.1) is 25.3 Å². The molecule has 8 heteroatoms. The standard InChI is InChI=1S/C18H27N5O3/c1-2-19-18(24)23-14-10-26-15-13(9-25-16(14)15)22-17-20-8-7-12(21-17)11-5-3-4-6-11/h7-8,11,13-16H,2-6,9-10H2,1H3,(H2,19,23,24)(H,20,21,22). The minimum Gasteiger partial charge on any atom is -0.371 e. The number of rotatable bonds is 5. The second-order valence-electron chi connectivity index (χ2n) is 7.24. The van der Waals surface area contributed by atoms with Crippen LogP contribution < -0.4 is 16.0 Å². The Labute approximate surface area is 153 Å². The Morgan fingerprint density at radius 1 is 1.19 bits per heavy atom. The van der Waals surface area contributed by atoms with E-state index in [9.17, 15) is 4.79 Å². The molecule has 3 heterocycles. The van der Waals surface area contributed by atoms with Gasteiger partial charge in [-0.05, 0) is 25.8 Å². The van der Waals surface area contributed by atoms with Crippen LogP contribution in [0.15, 0.2) is 12.3 Å². The lowest BCUT2D eigenvalue weighted by molar-refractivity contribution is 0.0682. The average Bonchev–Trinajstić information content (AvgIpc) is 3.36. The van der Waals surface area contributed by atoms with Gasteiger partial charge in [0.1, 0.15) is 12.2 Å². The van der Waals surface area contributed by atoms with Gasteiger partial charge in [-0.2, -0.15) is 0 Å². The molecule has 8 nitrogen and oxygen atoms in total. The molecule has 1 saturated carbocycles. The van der Waals surface area contributed by atoms with Gasteiger partial charge in [0.25, 0.3) is 0 Å². The van der Waals surface area contributed by atoms with Gasteiger partial charge in [-0.25, -0.2) is 14.8 Å². The summed E-state index contributed by atoms with van der Waals surface area (Å²) in [4.78, 5) is 20.8. The third kappa shape index (κ3) is 3.61. The normalized spacial score (nSPS) is 31.0. The number of ether oxygens (including phenoxy) is 2. The Morgan fingerprint density at radius 2 is 1.92 bits per heavy atom. The van der Waals surface area contributed by atoms with Crippen molar-refractivity contribution >= 4 is 12.0 Å². The molecule has 142 valence electrons. The summed E-state index contributed by atoms with van der Waals surface area (Å²) in [6.45, 7) is 3.44. The molecule has 0 spiro atoms. The third-order valence-corrected chi connectivity index (χ3v) is 5.47. The Hall–Kier alpha value is -1.93. The first-order chi connectivity index (χ1) is 12.7. The number of nitrogens with zero attached hydrogens (tertiary/aromatic N) is 2. The van der Waals surface area contributed by atoms with Crippen LogP contribution in [0.3, 0.4) is 0 Å². The zero-order chi connectivity index (χ0) is 17.9. The smallest absolute Gasteiger partial charge is 0.315 e. The zero-order valence-electron chi connectivity index (χ0n) is 15.1. The largest absolute Gasteiger partial charge is 0.371 e. The summed E-state index contributed by atoms with van der Waals surface area (Å²) in [7, 11) is 0. The van der Waals surface area contributed by atoms with Crippen molar-refractivity contribution in [3.63, 3.8) is 0 Å². The second kappa shape index (κ2) is 7.75. The lowest BCUT2D eigenvalue weighted by Crippen LogP contribution is -2.48. The highest BCUT2D eigenvalue weighted by atomic mass is 16.6. The fraction of sp³-hybridized carbons (Fsp3) is 0.722. The van der Waals surface area contributed by atoms with Crippen molar-refractivity contribution in [1.82, 2.24) is 20.6 Å². The van der Waals surface area contributed by atoms with E-state index in [1.54, 1.807) is 0 Å². The van der Waals surface area contributed by atoms with E-state index in [1.807, 2.05) is 19.2 Å². The molecule has 1 aromatic heterocycles. The molecule has 0 aromatic carbocycles. The fourth-order valence-corrected chi connectivity index (χ4v) is 4.18. The molecule has 3 N–H and O–H groups in total. The molecule has 2 aliphatic heterocycles. The molecule has 1 aromatic rings. The fourth-order valence-electron chi connectivity index (χ4n) is 4.18. The highest BCUT2D eigenvalue weighted by Crippen LogP contribution is 2.33. The zero-order valence-corrected chi connectivity index (χ0v) is 15.1. The lowest BCUT2D eigenvalue weighted by atomic mass is 10.0. The number of fused-ring (bicyclic) bond motifs is 1. The maximum Gasteiger partial charge on any atom is 0.315 e. The number of nitrogens with one attached hydrogen (secondary N) is 3. The van der Waals surface area contributed by atoms with E-state index in [-0.39, 0.29) is 30.3 Å². The molecule has 4 unspecified atom stereocenters. The molecule has 3 fully saturated rings. The summed E-state index contributed by atoms with van der Waals surface area (Å²) < 4.78 is 11.8. The number of carbonyl (C=O) groups is 1. The lowest BCUT2D eigenvalue weighted by Gasteiger charge is -2.19. The molecule has 2 saturated heterocycles. The van der Waals surface area contributed by atoms with Crippen molar-refractivity contribution in [3.05, 3.63) is 18.0 Å². The van der Waals surface area contributed by atoms with Crippen LogP contribution in [0.25, 0.3) is 0 Å². The van der Waals surface area contributed by atoms with Crippen molar-refractivity contribution in [2.75, 3.05) is 25.1 Å². The maximum absolute atomic E-state index is 11.8. The van der Waals surface area contributed by atoms with E-state index in [2.05, 4.69) is 20.9 Å². The van der Waals surface area contributed by atoms with Crippen molar-refractivity contribution in [3.8, 4) is 0 Å². The minimum absolute atomic E-state index is 0.0140. The molecule has 4 atom stereocenters. The quantitative estimate of drug-likeness (QED) is 0.733. The van der Waals surface area contributed by atoms with E-state index in [0.717, 1.165) is 5.69 Å². The van der Waals surface area contributed by atoms with Gasteiger partial charge in [0, 0.05) is 24.4 Å². The summed E-state index contributed by atoms with van der Waals surface area (Å²) in [6, 6.07) is 1.69. The van der Waals surface area contributed by atoms with Gasteiger partial charge in [0.2, 0.25) is 5.95 Å². The van der Waals surface area contributed by atoms with Crippen LogP contribution in [0.2, 0.25) is 0 Å². The SMILES string of the molecule is CCNC(=O)NC1COC2C(Nc3nccc(C4CCCC4)n3)COC12. The molecule has 2 amide bonds. The number of carbonyl (C=O) groups excluding carboxylic acids is 1. The monoisotopic (exact) mass is 361 g/mol. The highest BCUT2D eigenvalue weighted by molar-refractivity contribution is 5.74. The first-order valence-corrected chi connectivity index (χ1v) is 9.61. The first-order valence-electron chi connectivity index (χ1n) is 9.61. The van der Waals surface area contributed by atoms with Crippen LogP contribution in [0.4, 0.5) is 10.7 Å².